The molecule has 0 bridgehead atoms. The topological polar surface area (TPSA) is 78.5 Å². The van der Waals surface area contributed by atoms with Crippen molar-refractivity contribution in [3.63, 3.8) is 0 Å². The van der Waals surface area contributed by atoms with E-state index in [4.69, 9.17) is 0 Å². The fourth-order valence-corrected chi connectivity index (χ4v) is 4.63. The Bertz CT molecular complexity index is 823. The van der Waals surface area contributed by atoms with E-state index < -0.39 is 11.6 Å². The summed E-state index contributed by atoms with van der Waals surface area (Å²) in [5.74, 6) is -0.0750. The van der Waals surface area contributed by atoms with Gasteiger partial charge in [-0.1, -0.05) is 44.9 Å². The molecule has 1 aromatic rings. The summed E-state index contributed by atoms with van der Waals surface area (Å²) in [6, 6.07) is 5.28. The number of hydrogen-bond acceptors (Lipinski definition) is 3. The van der Waals surface area contributed by atoms with E-state index >= 15 is 0 Å². The van der Waals surface area contributed by atoms with E-state index in [1.165, 1.54) is 0 Å². The summed E-state index contributed by atoms with van der Waals surface area (Å²) in [5, 5.41) is 5.72. The van der Waals surface area contributed by atoms with E-state index in [0.29, 0.717) is 24.4 Å². The number of anilines is 1. The van der Waals surface area contributed by atoms with Crippen LogP contribution in [-0.4, -0.2) is 34.8 Å². The van der Waals surface area contributed by atoms with Crippen LogP contribution in [0.3, 0.4) is 0 Å². The minimum atomic E-state index is -0.836. The predicted molar refractivity (Wildman–Crippen MR) is 114 cm³/mol. The lowest BCUT2D eigenvalue weighted by molar-refractivity contribution is -0.135. The van der Waals surface area contributed by atoms with E-state index in [9.17, 15) is 14.4 Å². The van der Waals surface area contributed by atoms with Gasteiger partial charge in [-0.3, -0.25) is 14.5 Å². The maximum atomic E-state index is 13.1. The molecule has 6 heteroatoms. The van der Waals surface area contributed by atoms with Crippen LogP contribution in [0.1, 0.15) is 64.0 Å². The number of amides is 4. The smallest absolute Gasteiger partial charge is 0.324 e. The fourth-order valence-electron chi connectivity index (χ4n) is 4.63. The number of nitrogens with zero attached hydrogens (tertiary/aromatic N) is 1. The van der Waals surface area contributed by atoms with Gasteiger partial charge in [-0.15, -0.1) is 0 Å². The van der Waals surface area contributed by atoms with Crippen molar-refractivity contribution in [2.75, 3.05) is 11.9 Å². The molecule has 1 aliphatic carbocycles. The Labute approximate surface area is 173 Å². The van der Waals surface area contributed by atoms with Gasteiger partial charge in [-0.2, -0.15) is 0 Å². The van der Waals surface area contributed by atoms with Gasteiger partial charge in [-0.05, 0) is 62.5 Å². The molecule has 2 N–H and O–H groups in total. The first-order chi connectivity index (χ1) is 13.6. The highest BCUT2D eigenvalue weighted by Gasteiger charge is 2.53. The van der Waals surface area contributed by atoms with Crippen LogP contribution in [0.5, 0.6) is 0 Å². The minimum absolute atomic E-state index is 0.235. The number of carbonyl (C=O) groups excluding carboxylic acids is 3. The molecule has 2 aliphatic rings. The first-order valence-corrected chi connectivity index (χ1v) is 10.6. The standard InChI is InChI=1S/C23H33N3O3/c1-6-22(4,5)17-9-11-23(12-10-17)20(28)26(21(29)25-23)14-19(27)24-18-8-7-15(2)13-16(18)3/h7-8,13,17H,6,9-12,14H2,1-5H3,(H,24,27)(H,25,29). The predicted octanol–water partition coefficient (Wildman–Crippen LogP) is 4.16. The van der Waals surface area contributed by atoms with Crippen molar-refractivity contribution in [3.05, 3.63) is 29.3 Å². The van der Waals surface area contributed by atoms with Gasteiger partial charge in [0.2, 0.25) is 5.91 Å². The lowest BCUT2D eigenvalue weighted by Crippen LogP contribution is -2.51. The summed E-state index contributed by atoms with van der Waals surface area (Å²) in [6.07, 6.45) is 4.20. The Morgan fingerprint density at radius 2 is 1.90 bits per heavy atom. The van der Waals surface area contributed by atoms with Crippen LogP contribution in [-0.2, 0) is 9.59 Å². The van der Waals surface area contributed by atoms with Crippen molar-refractivity contribution >= 4 is 23.5 Å². The molecule has 158 valence electrons. The number of nitrogens with one attached hydrogen (secondary N) is 2. The van der Waals surface area contributed by atoms with Crippen LogP contribution in [0.25, 0.3) is 0 Å². The first kappa shape index (κ1) is 21.3. The second-order valence-electron chi connectivity index (χ2n) is 9.39. The third-order valence-electron chi connectivity index (χ3n) is 7.06. The molecule has 1 aromatic carbocycles. The lowest BCUT2D eigenvalue weighted by Gasteiger charge is -2.42. The number of benzene rings is 1. The molecule has 6 nitrogen and oxygen atoms in total. The average Bonchev–Trinajstić information content (AvgIpc) is 2.88. The molecule has 0 unspecified atom stereocenters. The number of aryl methyl sites for hydroxylation is 2. The average molecular weight is 400 g/mol. The molecule has 0 aromatic heterocycles. The molecule has 1 aliphatic heterocycles. The van der Waals surface area contributed by atoms with Crippen molar-refractivity contribution in [2.45, 2.75) is 72.3 Å². The third kappa shape index (κ3) is 4.16. The molecule has 1 heterocycles. The summed E-state index contributed by atoms with van der Waals surface area (Å²) in [7, 11) is 0. The summed E-state index contributed by atoms with van der Waals surface area (Å²) < 4.78 is 0. The second-order valence-corrected chi connectivity index (χ2v) is 9.39. The zero-order chi connectivity index (χ0) is 21.4. The van der Waals surface area contributed by atoms with E-state index in [1.807, 2.05) is 32.0 Å². The Kier molecular flexibility index (Phi) is 5.74. The Morgan fingerprint density at radius 3 is 2.48 bits per heavy atom. The van der Waals surface area contributed by atoms with E-state index in [0.717, 1.165) is 35.3 Å². The van der Waals surface area contributed by atoms with Gasteiger partial charge in [0.15, 0.2) is 0 Å². The van der Waals surface area contributed by atoms with Gasteiger partial charge in [0.05, 0.1) is 0 Å². The lowest BCUT2D eigenvalue weighted by atomic mass is 9.65. The number of carbonyl (C=O) groups is 3. The Balaban J connectivity index is 1.64. The van der Waals surface area contributed by atoms with E-state index in [1.54, 1.807) is 0 Å². The SMILES string of the molecule is CCC(C)(C)C1CCC2(CC1)NC(=O)N(CC(=O)Nc1ccc(C)cc1C)C2=O. The van der Waals surface area contributed by atoms with Gasteiger partial charge in [0.1, 0.15) is 12.1 Å². The fraction of sp³-hybridized carbons (Fsp3) is 0.609. The Morgan fingerprint density at radius 1 is 1.24 bits per heavy atom. The largest absolute Gasteiger partial charge is 0.325 e. The van der Waals surface area contributed by atoms with Gasteiger partial charge in [0, 0.05) is 5.69 Å². The highest BCUT2D eigenvalue weighted by Crippen LogP contribution is 2.45. The molecule has 1 spiro atoms. The molecule has 1 saturated heterocycles. The molecule has 0 radical (unpaired) electrons. The highest BCUT2D eigenvalue weighted by molar-refractivity contribution is 6.10. The van der Waals surface area contributed by atoms with Crippen LogP contribution >= 0.6 is 0 Å². The minimum Gasteiger partial charge on any atom is -0.324 e. The summed E-state index contributed by atoms with van der Waals surface area (Å²) in [5.41, 5.74) is 2.16. The van der Waals surface area contributed by atoms with E-state index in [2.05, 4.69) is 31.4 Å². The van der Waals surface area contributed by atoms with Crippen LogP contribution in [0, 0.1) is 25.2 Å². The maximum Gasteiger partial charge on any atom is 0.325 e. The summed E-state index contributed by atoms with van der Waals surface area (Å²) in [6.45, 7) is 10.4. The molecule has 29 heavy (non-hydrogen) atoms. The molecule has 3 rings (SSSR count). The second kappa shape index (κ2) is 7.81. The quantitative estimate of drug-likeness (QED) is 0.730. The number of urea groups is 1. The number of rotatable bonds is 5. The molecule has 2 fully saturated rings. The van der Waals surface area contributed by atoms with Crippen molar-refractivity contribution in [3.8, 4) is 0 Å². The number of hydrogen-bond donors (Lipinski definition) is 2. The van der Waals surface area contributed by atoms with Crippen LogP contribution in [0.15, 0.2) is 18.2 Å². The molecule has 1 saturated carbocycles. The van der Waals surface area contributed by atoms with Crippen molar-refractivity contribution in [2.24, 2.45) is 11.3 Å². The Hall–Kier alpha value is -2.37. The molecular formula is C23H33N3O3. The van der Waals surface area contributed by atoms with Crippen molar-refractivity contribution in [1.82, 2.24) is 10.2 Å². The zero-order valence-electron chi connectivity index (χ0n) is 18.2. The number of imide groups is 1. The highest BCUT2D eigenvalue weighted by atomic mass is 16.2. The van der Waals surface area contributed by atoms with E-state index in [-0.39, 0.29) is 23.8 Å². The monoisotopic (exact) mass is 399 g/mol. The first-order valence-electron chi connectivity index (χ1n) is 10.6. The van der Waals surface area contributed by atoms with Gasteiger partial charge in [-0.25, -0.2) is 4.79 Å². The zero-order valence-corrected chi connectivity index (χ0v) is 18.2. The van der Waals surface area contributed by atoms with Gasteiger partial charge in [0.25, 0.3) is 5.91 Å². The van der Waals surface area contributed by atoms with Crippen molar-refractivity contribution < 1.29 is 14.4 Å². The van der Waals surface area contributed by atoms with Gasteiger partial charge < -0.3 is 10.6 Å². The van der Waals surface area contributed by atoms with Crippen LogP contribution < -0.4 is 10.6 Å². The maximum absolute atomic E-state index is 13.1. The van der Waals surface area contributed by atoms with Crippen LogP contribution in [0.4, 0.5) is 10.5 Å². The molecule has 0 atom stereocenters. The molecule has 4 amide bonds. The third-order valence-corrected chi connectivity index (χ3v) is 7.06. The molecular weight excluding hydrogens is 366 g/mol. The van der Waals surface area contributed by atoms with Crippen molar-refractivity contribution in [1.29, 1.82) is 0 Å². The van der Waals surface area contributed by atoms with Crippen LogP contribution in [0.2, 0.25) is 0 Å². The summed E-state index contributed by atoms with van der Waals surface area (Å²) >= 11 is 0. The normalized spacial score (nSPS) is 24.7. The summed E-state index contributed by atoms with van der Waals surface area (Å²) in [4.78, 5) is 39.2. The van der Waals surface area contributed by atoms with Gasteiger partial charge >= 0.3 is 6.03 Å².